The number of carbonyl (C=O) groups excluding carboxylic acids is 6. The van der Waals surface area contributed by atoms with Crippen LogP contribution in [0.4, 0.5) is 0 Å². The molecule has 1 saturated heterocycles. The Morgan fingerprint density at radius 3 is 2.15 bits per heavy atom. The van der Waals surface area contributed by atoms with Crippen molar-refractivity contribution in [1.29, 1.82) is 0 Å². The van der Waals surface area contributed by atoms with Crippen LogP contribution in [0.3, 0.4) is 0 Å². The van der Waals surface area contributed by atoms with Crippen molar-refractivity contribution in [1.82, 2.24) is 5.32 Å². The first-order chi connectivity index (χ1) is 25.7. The minimum Gasteiger partial charge on any atom is -0.456 e. The number of carbonyl (C=O) groups is 6. The van der Waals surface area contributed by atoms with E-state index in [1.165, 1.54) is 26.0 Å². The van der Waals surface area contributed by atoms with E-state index in [-0.39, 0.29) is 35.7 Å². The molecule has 1 amide bonds. The van der Waals surface area contributed by atoms with Crippen LogP contribution in [-0.4, -0.2) is 111 Å². The van der Waals surface area contributed by atoms with E-state index in [0.717, 1.165) is 20.3 Å². The molecule has 0 unspecified atom stereocenters. The van der Waals surface area contributed by atoms with Gasteiger partial charge in [0.1, 0.15) is 23.9 Å². The number of Topliss-reactive ketones (excluding diaryl/α,β-unsaturated/α-hetero) is 1. The maximum absolute atomic E-state index is 15.3. The Bertz CT molecular complexity index is 1790. The van der Waals surface area contributed by atoms with Crippen LogP contribution >= 0.6 is 0 Å². The van der Waals surface area contributed by atoms with E-state index in [9.17, 15) is 39.3 Å². The van der Waals surface area contributed by atoms with Gasteiger partial charge in [-0.1, -0.05) is 38.5 Å². The van der Waals surface area contributed by atoms with E-state index in [1.807, 2.05) is 0 Å². The Labute approximate surface area is 319 Å². The molecule has 1 aromatic carbocycles. The third-order valence-electron chi connectivity index (χ3n) is 13.1. The molecule has 0 radical (unpaired) electrons. The van der Waals surface area contributed by atoms with Gasteiger partial charge in [0, 0.05) is 39.0 Å². The van der Waals surface area contributed by atoms with Crippen LogP contribution in [0.1, 0.15) is 90.9 Å². The van der Waals surface area contributed by atoms with Gasteiger partial charge in [-0.2, -0.15) is 0 Å². The summed E-state index contributed by atoms with van der Waals surface area (Å²) in [5.74, 6) is -6.66. The van der Waals surface area contributed by atoms with Crippen LogP contribution < -0.4 is 5.32 Å². The van der Waals surface area contributed by atoms with Gasteiger partial charge < -0.3 is 44.3 Å². The van der Waals surface area contributed by atoms with Crippen LogP contribution in [0, 0.1) is 22.7 Å². The fraction of sp³-hybridized carbons (Fsp3) is 0.650. The molecular weight excluding hydrogens is 718 g/mol. The standard InChI is InChI=1S/C40H51NO14/c1-19-25(53-36(49)30(46)29(41-20(2)42)23-14-11-15-23)17-40(50)34(54-35(48)24-12-9-8-10-13-24)32-38(7,26(45)16-27-39(32,18-51-27)55-22(4)44)33(47)31(52-21(3)43)28(19)37(40,5)6/h8-10,12-13,23,25-27,29-32,34,45-46,50H,11,14-18H2,1-7H3,(H,41,42)/t25-,26-,27+,29-,30+,31+,32-,34-,38+,39-,40+/m0/s1. The monoisotopic (exact) mass is 769 g/mol. The van der Waals surface area contributed by atoms with Gasteiger partial charge in [-0.05, 0) is 55.9 Å². The topological polar surface area (TPSA) is 221 Å². The van der Waals surface area contributed by atoms with Gasteiger partial charge in [-0.25, -0.2) is 9.59 Å². The first-order valence-corrected chi connectivity index (χ1v) is 18.8. The lowest BCUT2D eigenvalue weighted by molar-refractivity contribution is -0.346. The number of amides is 1. The molecule has 4 aliphatic carbocycles. The van der Waals surface area contributed by atoms with E-state index < -0.39 is 113 Å². The molecule has 2 bridgehead atoms. The lowest BCUT2D eigenvalue weighted by Gasteiger charge is -2.67. The summed E-state index contributed by atoms with van der Waals surface area (Å²) in [6.45, 7) is 9.34. The van der Waals surface area contributed by atoms with Crippen molar-refractivity contribution >= 4 is 35.6 Å². The number of nitrogens with one attached hydrogen (secondary N) is 1. The SMILES string of the molecule is CC(=O)N[C@@H](C1CCC1)[C@@H](O)C(=O)O[C@H]1C[C@@]2(O)[C@@H](OC(=O)c3ccccc3)[C@@H]3[C@]4(OC(C)=O)CO[C@@H]4C[C@H](O)[C@@]3(C)C(=O)[C@H](OC(C)=O)C(=C1C)C2(C)C. The van der Waals surface area contributed by atoms with E-state index in [2.05, 4.69) is 5.32 Å². The fourth-order valence-corrected chi connectivity index (χ4v) is 9.86. The number of ketones is 1. The number of hydrogen-bond donors (Lipinski definition) is 4. The van der Waals surface area contributed by atoms with Crippen molar-refractivity contribution in [2.24, 2.45) is 22.7 Å². The number of aliphatic hydroxyl groups excluding tert-OH is 2. The Morgan fingerprint density at radius 1 is 0.964 bits per heavy atom. The second kappa shape index (κ2) is 14.4. The maximum Gasteiger partial charge on any atom is 0.338 e. The summed E-state index contributed by atoms with van der Waals surface area (Å²) >= 11 is 0. The number of fused-ring (bicyclic) bond motifs is 5. The molecule has 0 aromatic heterocycles. The van der Waals surface area contributed by atoms with Crippen LogP contribution in [0.15, 0.2) is 41.5 Å². The Morgan fingerprint density at radius 2 is 1.62 bits per heavy atom. The highest BCUT2D eigenvalue weighted by Crippen LogP contribution is 2.64. The molecule has 6 rings (SSSR count). The zero-order valence-electron chi connectivity index (χ0n) is 32.2. The van der Waals surface area contributed by atoms with E-state index in [4.69, 9.17) is 23.7 Å². The minimum atomic E-state index is -2.33. The second-order valence-corrected chi connectivity index (χ2v) is 16.5. The smallest absolute Gasteiger partial charge is 0.338 e. The highest BCUT2D eigenvalue weighted by atomic mass is 16.6. The van der Waals surface area contributed by atoms with Gasteiger partial charge in [0.25, 0.3) is 0 Å². The Kier molecular flexibility index (Phi) is 10.6. The quantitative estimate of drug-likeness (QED) is 0.160. The summed E-state index contributed by atoms with van der Waals surface area (Å²) in [6.07, 6.45) is -7.79. The zero-order chi connectivity index (χ0) is 40.4. The van der Waals surface area contributed by atoms with Crippen LogP contribution in [0.5, 0.6) is 0 Å². The van der Waals surface area contributed by atoms with Crippen LogP contribution in [0.2, 0.25) is 0 Å². The lowest BCUT2D eigenvalue weighted by atomic mass is 9.44. The molecule has 1 aromatic rings. The van der Waals surface area contributed by atoms with Gasteiger partial charge in [0.15, 0.2) is 23.6 Å². The van der Waals surface area contributed by atoms with Gasteiger partial charge in [0.2, 0.25) is 5.91 Å². The maximum atomic E-state index is 15.3. The molecule has 0 spiro atoms. The van der Waals surface area contributed by atoms with Crippen molar-refractivity contribution in [3.8, 4) is 0 Å². The van der Waals surface area contributed by atoms with Crippen molar-refractivity contribution in [3.63, 3.8) is 0 Å². The van der Waals surface area contributed by atoms with Gasteiger partial charge in [0.05, 0.1) is 35.6 Å². The Balaban J connectivity index is 1.57. The number of benzene rings is 1. The summed E-state index contributed by atoms with van der Waals surface area (Å²) in [4.78, 5) is 81.1. The molecule has 3 saturated carbocycles. The molecule has 15 nitrogen and oxygen atoms in total. The zero-order valence-corrected chi connectivity index (χ0v) is 32.2. The fourth-order valence-electron chi connectivity index (χ4n) is 9.86. The summed E-state index contributed by atoms with van der Waals surface area (Å²) in [5.41, 5.74) is -7.35. The van der Waals surface area contributed by atoms with Crippen molar-refractivity contribution < 1.29 is 67.8 Å². The largest absolute Gasteiger partial charge is 0.456 e. The molecule has 1 aliphatic heterocycles. The molecule has 4 N–H and O–H groups in total. The number of hydrogen-bond acceptors (Lipinski definition) is 14. The summed E-state index contributed by atoms with van der Waals surface area (Å²) in [5, 5.41) is 39.4. The second-order valence-electron chi connectivity index (χ2n) is 16.5. The predicted octanol–water partition coefficient (Wildman–Crippen LogP) is 1.87. The Hall–Kier alpha value is -4.18. The summed E-state index contributed by atoms with van der Waals surface area (Å²) < 4.78 is 30.0. The molecule has 11 atom stereocenters. The predicted molar refractivity (Wildman–Crippen MR) is 190 cm³/mol. The molecule has 300 valence electrons. The number of esters is 4. The molecular formula is C40H51NO14. The van der Waals surface area contributed by atoms with E-state index in [1.54, 1.807) is 39.0 Å². The lowest BCUT2D eigenvalue weighted by Crippen LogP contribution is -2.82. The minimum absolute atomic E-state index is 0.0345. The molecule has 55 heavy (non-hydrogen) atoms. The summed E-state index contributed by atoms with van der Waals surface area (Å²) in [6, 6.07) is 6.92. The van der Waals surface area contributed by atoms with Crippen LogP contribution in [0.25, 0.3) is 0 Å². The third-order valence-corrected chi connectivity index (χ3v) is 13.1. The average molecular weight is 770 g/mol. The van der Waals surface area contributed by atoms with Gasteiger partial charge >= 0.3 is 23.9 Å². The highest BCUT2D eigenvalue weighted by Gasteiger charge is 2.78. The highest BCUT2D eigenvalue weighted by molar-refractivity contribution is 5.95. The third kappa shape index (κ3) is 6.46. The first kappa shape index (κ1) is 40.5. The normalized spacial score (nSPS) is 36.1. The molecule has 15 heteroatoms. The van der Waals surface area contributed by atoms with Gasteiger partial charge in [-0.15, -0.1) is 0 Å². The van der Waals surface area contributed by atoms with E-state index >= 15 is 4.79 Å². The molecule has 5 aliphatic rings. The molecule has 1 heterocycles. The van der Waals surface area contributed by atoms with Gasteiger partial charge in [-0.3, -0.25) is 19.2 Å². The van der Waals surface area contributed by atoms with Crippen molar-refractivity contribution in [2.45, 2.75) is 134 Å². The number of aliphatic hydroxyl groups is 3. The number of rotatable bonds is 9. The first-order valence-electron chi connectivity index (χ1n) is 18.8. The number of ether oxygens (including phenoxy) is 5. The average Bonchev–Trinajstić information content (AvgIpc) is 3.08. The molecule has 4 fully saturated rings. The van der Waals surface area contributed by atoms with E-state index in [0.29, 0.717) is 12.8 Å². The van der Waals surface area contributed by atoms with Crippen molar-refractivity contribution in [3.05, 3.63) is 47.0 Å². The van der Waals surface area contributed by atoms with Crippen LogP contribution in [-0.2, 0) is 47.7 Å². The van der Waals surface area contributed by atoms with Crippen molar-refractivity contribution in [2.75, 3.05) is 6.61 Å². The summed E-state index contributed by atoms with van der Waals surface area (Å²) in [7, 11) is 0.